The molecule has 0 saturated heterocycles. The molecule has 0 aromatic heterocycles. The Hall–Kier alpha value is -2.49. The molecule has 4 heteroatoms. The summed E-state index contributed by atoms with van der Waals surface area (Å²) in [5.74, 6) is -0.352. The van der Waals surface area contributed by atoms with Crippen LogP contribution in [0.1, 0.15) is 28.4 Å². The first-order valence-corrected chi connectivity index (χ1v) is 6.97. The summed E-state index contributed by atoms with van der Waals surface area (Å²) in [5, 5.41) is 3.29. The average molecular weight is 284 g/mol. The largest absolute Gasteiger partial charge is 0.462 e. The molecule has 0 unspecified atom stereocenters. The number of rotatable bonds is 5. The van der Waals surface area contributed by atoms with Gasteiger partial charge in [0.25, 0.3) is 0 Å². The van der Waals surface area contributed by atoms with Crippen molar-refractivity contribution in [1.29, 1.82) is 0 Å². The van der Waals surface area contributed by atoms with Gasteiger partial charge in [-0.2, -0.15) is 0 Å². The number of hydrogen-bond donors (Lipinski definition) is 2. The van der Waals surface area contributed by atoms with Crippen molar-refractivity contribution in [3.8, 4) is 0 Å². The van der Waals surface area contributed by atoms with Gasteiger partial charge >= 0.3 is 5.97 Å². The summed E-state index contributed by atoms with van der Waals surface area (Å²) in [6, 6.07) is 13.3. The Labute approximate surface area is 124 Å². The molecule has 110 valence electrons. The Morgan fingerprint density at radius 3 is 2.67 bits per heavy atom. The first kappa shape index (κ1) is 14.9. The SMILES string of the molecule is CCOC(=O)c1ccc(NCc2ccccc2C)c(N)c1. The lowest BCUT2D eigenvalue weighted by atomic mass is 10.1. The van der Waals surface area contributed by atoms with Crippen LogP contribution in [0.2, 0.25) is 0 Å². The first-order valence-electron chi connectivity index (χ1n) is 6.97. The maximum absolute atomic E-state index is 11.6. The van der Waals surface area contributed by atoms with Crippen LogP contribution in [0, 0.1) is 6.92 Å². The van der Waals surface area contributed by atoms with Gasteiger partial charge in [0.1, 0.15) is 0 Å². The maximum Gasteiger partial charge on any atom is 0.338 e. The molecular formula is C17H20N2O2. The minimum atomic E-state index is -0.352. The lowest BCUT2D eigenvalue weighted by molar-refractivity contribution is 0.0526. The second-order valence-corrected chi connectivity index (χ2v) is 4.80. The third-order valence-electron chi connectivity index (χ3n) is 3.29. The van der Waals surface area contributed by atoms with E-state index in [2.05, 4.69) is 24.4 Å². The molecule has 0 bridgehead atoms. The zero-order valence-electron chi connectivity index (χ0n) is 12.3. The summed E-state index contributed by atoms with van der Waals surface area (Å²) in [6.07, 6.45) is 0. The van der Waals surface area contributed by atoms with Crippen LogP contribution in [-0.2, 0) is 11.3 Å². The number of nitrogens with one attached hydrogen (secondary N) is 1. The van der Waals surface area contributed by atoms with Gasteiger partial charge in [0.05, 0.1) is 23.5 Å². The van der Waals surface area contributed by atoms with Gasteiger partial charge in [-0.3, -0.25) is 0 Å². The van der Waals surface area contributed by atoms with Crippen molar-refractivity contribution >= 4 is 17.3 Å². The third-order valence-corrected chi connectivity index (χ3v) is 3.29. The Kier molecular flexibility index (Phi) is 4.82. The lowest BCUT2D eigenvalue weighted by Crippen LogP contribution is -2.07. The van der Waals surface area contributed by atoms with Gasteiger partial charge in [-0.05, 0) is 43.2 Å². The van der Waals surface area contributed by atoms with Crippen LogP contribution in [-0.4, -0.2) is 12.6 Å². The number of anilines is 2. The molecule has 0 radical (unpaired) electrons. The summed E-state index contributed by atoms with van der Waals surface area (Å²) < 4.78 is 4.95. The van der Waals surface area contributed by atoms with E-state index < -0.39 is 0 Å². The minimum Gasteiger partial charge on any atom is -0.462 e. The van der Waals surface area contributed by atoms with Gasteiger partial charge in [0.2, 0.25) is 0 Å². The smallest absolute Gasteiger partial charge is 0.338 e. The molecule has 0 aliphatic carbocycles. The van der Waals surface area contributed by atoms with E-state index in [1.807, 2.05) is 12.1 Å². The van der Waals surface area contributed by atoms with Crippen molar-refractivity contribution in [2.75, 3.05) is 17.7 Å². The fourth-order valence-corrected chi connectivity index (χ4v) is 2.06. The van der Waals surface area contributed by atoms with Crippen molar-refractivity contribution in [2.45, 2.75) is 20.4 Å². The van der Waals surface area contributed by atoms with E-state index >= 15 is 0 Å². The predicted octanol–water partition coefficient (Wildman–Crippen LogP) is 3.37. The monoisotopic (exact) mass is 284 g/mol. The van der Waals surface area contributed by atoms with Crippen LogP contribution in [0.3, 0.4) is 0 Å². The van der Waals surface area contributed by atoms with Crippen molar-refractivity contribution in [3.63, 3.8) is 0 Å². The highest BCUT2D eigenvalue weighted by atomic mass is 16.5. The Balaban J connectivity index is 2.08. The Bertz CT molecular complexity index is 638. The van der Waals surface area contributed by atoms with Crippen molar-refractivity contribution < 1.29 is 9.53 Å². The van der Waals surface area contributed by atoms with Crippen molar-refractivity contribution in [2.24, 2.45) is 0 Å². The van der Waals surface area contributed by atoms with Crippen LogP contribution in [0.5, 0.6) is 0 Å². The quantitative estimate of drug-likeness (QED) is 0.652. The maximum atomic E-state index is 11.6. The van der Waals surface area contributed by atoms with Crippen LogP contribution in [0.4, 0.5) is 11.4 Å². The highest BCUT2D eigenvalue weighted by Gasteiger charge is 2.09. The predicted molar refractivity (Wildman–Crippen MR) is 85.3 cm³/mol. The fraction of sp³-hybridized carbons (Fsp3) is 0.235. The van der Waals surface area contributed by atoms with Crippen LogP contribution in [0.15, 0.2) is 42.5 Å². The molecule has 2 aromatic carbocycles. The van der Waals surface area contributed by atoms with Gasteiger partial charge in [0, 0.05) is 6.54 Å². The Morgan fingerprint density at radius 1 is 1.24 bits per heavy atom. The molecule has 0 heterocycles. The lowest BCUT2D eigenvalue weighted by Gasteiger charge is -2.12. The molecule has 0 spiro atoms. The number of carbonyl (C=O) groups is 1. The molecule has 2 aromatic rings. The molecule has 2 rings (SSSR count). The number of aryl methyl sites for hydroxylation is 1. The van der Waals surface area contributed by atoms with E-state index in [9.17, 15) is 4.79 Å². The number of nitrogens with two attached hydrogens (primary N) is 1. The standard InChI is InChI=1S/C17H20N2O2/c1-3-21-17(20)13-8-9-16(15(18)10-13)19-11-14-7-5-4-6-12(14)2/h4-10,19H,3,11,18H2,1-2H3. The zero-order valence-corrected chi connectivity index (χ0v) is 12.3. The molecule has 0 aliphatic rings. The highest BCUT2D eigenvalue weighted by molar-refractivity contribution is 5.91. The van der Waals surface area contributed by atoms with E-state index in [1.54, 1.807) is 25.1 Å². The summed E-state index contributed by atoms with van der Waals surface area (Å²) >= 11 is 0. The summed E-state index contributed by atoms with van der Waals surface area (Å²) in [5.41, 5.74) is 10.2. The van der Waals surface area contributed by atoms with Gasteiger partial charge < -0.3 is 15.8 Å². The molecule has 0 aliphatic heterocycles. The second-order valence-electron chi connectivity index (χ2n) is 4.80. The van der Waals surface area contributed by atoms with Crippen molar-refractivity contribution in [3.05, 3.63) is 59.2 Å². The second kappa shape index (κ2) is 6.79. The van der Waals surface area contributed by atoms with Crippen LogP contribution >= 0.6 is 0 Å². The van der Waals surface area contributed by atoms with Crippen molar-refractivity contribution in [1.82, 2.24) is 0 Å². The van der Waals surface area contributed by atoms with Crippen LogP contribution in [0.25, 0.3) is 0 Å². The average Bonchev–Trinajstić information content (AvgIpc) is 2.47. The van der Waals surface area contributed by atoms with Crippen LogP contribution < -0.4 is 11.1 Å². The topological polar surface area (TPSA) is 64.3 Å². The third kappa shape index (κ3) is 3.75. The molecule has 21 heavy (non-hydrogen) atoms. The molecule has 0 fully saturated rings. The normalized spacial score (nSPS) is 10.2. The van der Waals surface area contributed by atoms with E-state index in [4.69, 9.17) is 10.5 Å². The van der Waals surface area contributed by atoms with Gasteiger partial charge in [-0.1, -0.05) is 24.3 Å². The van der Waals surface area contributed by atoms with Gasteiger partial charge in [-0.25, -0.2) is 4.79 Å². The van der Waals surface area contributed by atoms with E-state index in [0.717, 1.165) is 5.69 Å². The molecule has 0 atom stereocenters. The molecule has 3 N–H and O–H groups in total. The van der Waals surface area contributed by atoms with E-state index in [1.165, 1.54) is 11.1 Å². The van der Waals surface area contributed by atoms with E-state index in [0.29, 0.717) is 24.4 Å². The molecule has 0 amide bonds. The number of ether oxygens (including phenoxy) is 1. The first-order chi connectivity index (χ1) is 10.1. The van der Waals surface area contributed by atoms with E-state index in [-0.39, 0.29) is 5.97 Å². The molecule has 4 nitrogen and oxygen atoms in total. The van der Waals surface area contributed by atoms with Gasteiger partial charge in [0.15, 0.2) is 0 Å². The summed E-state index contributed by atoms with van der Waals surface area (Å²) in [6.45, 7) is 4.89. The summed E-state index contributed by atoms with van der Waals surface area (Å²) in [4.78, 5) is 11.6. The number of carbonyl (C=O) groups excluding carboxylic acids is 1. The minimum absolute atomic E-state index is 0.352. The molecule has 0 saturated carbocycles. The number of hydrogen-bond acceptors (Lipinski definition) is 4. The number of nitrogen functional groups attached to an aromatic ring is 1. The Morgan fingerprint density at radius 2 is 2.00 bits per heavy atom. The highest BCUT2D eigenvalue weighted by Crippen LogP contribution is 2.21. The van der Waals surface area contributed by atoms with Gasteiger partial charge in [-0.15, -0.1) is 0 Å². The number of esters is 1. The summed E-state index contributed by atoms with van der Waals surface area (Å²) in [7, 11) is 0. The zero-order chi connectivity index (χ0) is 15.2. The molecular weight excluding hydrogens is 264 g/mol. The fourth-order valence-electron chi connectivity index (χ4n) is 2.06. The number of benzene rings is 2.